The monoisotopic (exact) mass is 259 g/mol. The number of aryl methyl sites for hydroxylation is 1. The normalized spacial score (nSPS) is 10.3. The van der Waals surface area contributed by atoms with Crippen LogP contribution in [0.5, 0.6) is 0 Å². The zero-order chi connectivity index (χ0) is 13.8. The minimum atomic E-state index is -0.119. The number of nitrogens with one attached hydrogen (secondary N) is 1. The standard InChI is InChI=1S/C13H17N5O/c1-10-8-14-16-18(10)9-13(19)15-11-4-6-12(7-5-11)17(2)3/h4-8H,9H2,1-3H3,(H,15,19). The maximum atomic E-state index is 11.8. The van der Waals surface area contributed by atoms with Crippen molar-refractivity contribution in [3.05, 3.63) is 36.2 Å². The van der Waals surface area contributed by atoms with E-state index in [4.69, 9.17) is 0 Å². The van der Waals surface area contributed by atoms with E-state index in [0.29, 0.717) is 0 Å². The van der Waals surface area contributed by atoms with Crippen LogP contribution in [0.15, 0.2) is 30.5 Å². The Kier molecular flexibility index (Phi) is 3.79. The van der Waals surface area contributed by atoms with Gasteiger partial charge in [-0.2, -0.15) is 0 Å². The van der Waals surface area contributed by atoms with E-state index in [9.17, 15) is 4.79 Å². The summed E-state index contributed by atoms with van der Waals surface area (Å²) >= 11 is 0. The Balaban J connectivity index is 1.97. The van der Waals surface area contributed by atoms with Gasteiger partial charge in [-0.05, 0) is 31.2 Å². The van der Waals surface area contributed by atoms with E-state index in [1.807, 2.05) is 50.2 Å². The number of hydrogen-bond donors (Lipinski definition) is 1. The first kappa shape index (κ1) is 13.1. The van der Waals surface area contributed by atoms with E-state index in [1.54, 1.807) is 10.9 Å². The number of anilines is 2. The summed E-state index contributed by atoms with van der Waals surface area (Å²) in [7, 11) is 3.95. The average Bonchev–Trinajstić information content (AvgIpc) is 2.75. The molecule has 100 valence electrons. The zero-order valence-corrected chi connectivity index (χ0v) is 11.3. The number of hydrogen-bond acceptors (Lipinski definition) is 4. The third kappa shape index (κ3) is 3.31. The van der Waals surface area contributed by atoms with E-state index in [0.717, 1.165) is 17.1 Å². The molecule has 19 heavy (non-hydrogen) atoms. The van der Waals surface area contributed by atoms with Crippen LogP contribution in [-0.2, 0) is 11.3 Å². The minimum Gasteiger partial charge on any atom is -0.378 e. The van der Waals surface area contributed by atoms with Crippen molar-refractivity contribution in [2.45, 2.75) is 13.5 Å². The number of rotatable bonds is 4. The van der Waals surface area contributed by atoms with Crippen molar-refractivity contribution in [3.8, 4) is 0 Å². The Bertz CT molecular complexity index is 559. The van der Waals surface area contributed by atoms with E-state index in [2.05, 4.69) is 15.6 Å². The second-order valence-corrected chi connectivity index (χ2v) is 4.52. The van der Waals surface area contributed by atoms with Crippen LogP contribution in [0.2, 0.25) is 0 Å². The predicted octanol–water partition coefficient (Wildman–Crippen LogP) is 1.29. The van der Waals surface area contributed by atoms with Crippen molar-refractivity contribution < 1.29 is 4.79 Å². The van der Waals surface area contributed by atoms with Crippen LogP contribution < -0.4 is 10.2 Å². The highest BCUT2D eigenvalue weighted by Crippen LogP contribution is 2.15. The molecule has 1 aromatic carbocycles. The molecule has 0 unspecified atom stereocenters. The smallest absolute Gasteiger partial charge is 0.246 e. The Labute approximate surface area is 112 Å². The lowest BCUT2D eigenvalue weighted by Crippen LogP contribution is -2.20. The Morgan fingerprint density at radius 1 is 1.32 bits per heavy atom. The highest BCUT2D eigenvalue weighted by Gasteiger charge is 2.06. The zero-order valence-electron chi connectivity index (χ0n) is 11.3. The summed E-state index contributed by atoms with van der Waals surface area (Å²) in [6, 6.07) is 7.66. The summed E-state index contributed by atoms with van der Waals surface area (Å²) in [5.41, 5.74) is 2.72. The molecule has 1 aromatic heterocycles. The molecule has 0 fully saturated rings. The fourth-order valence-corrected chi connectivity index (χ4v) is 1.64. The molecule has 2 rings (SSSR count). The lowest BCUT2D eigenvalue weighted by Gasteiger charge is -2.13. The third-order valence-electron chi connectivity index (χ3n) is 2.77. The molecule has 0 radical (unpaired) electrons. The van der Waals surface area contributed by atoms with Crippen molar-refractivity contribution in [3.63, 3.8) is 0 Å². The quantitative estimate of drug-likeness (QED) is 0.898. The van der Waals surface area contributed by atoms with Gasteiger partial charge in [-0.25, -0.2) is 4.68 Å². The van der Waals surface area contributed by atoms with Gasteiger partial charge in [-0.1, -0.05) is 5.21 Å². The van der Waals surface area contributed by atoms with Crippen LogP contribution in [0.1, 0.15) is 5.69 Å². The van der Waals surface area contributed by atoms with E-state index < -0.39 is 0 Å². The Morgan fingerprint density at radius 3 is 2.53 bits per heavy atom. The second kappa shape index (κ2) is 5.51. The molecule has 0 spiro atoms. The van der Waals surface area contributed by atoms with Crippen LogP contribution in [-0.4, -0.2) is 35.0 Å². The summed E-state index contributed by atoms with van der Waals surface area (Å²) < 4.78 is 1.56. The molecule has 1 amide bonds. The molecule has 0 aliphatic carbocycles. The van der Waals surface area contributed by atoms with E-state index >= 15 is 0 Å². The van der Waals surface area contributed by atoms with E-state index in [-0.39, 0.29) is 12.5 Å². The second-order valence-electron chi connectivity index (χ2n) is 4.52. The third-order valence-corrected chi connectivity index (χ3v) is 2.77. The first-order valence-electron chi connectivity index (χ1n) is 5.98. The van der Waals surface area contributed by atoms with Crippen molar-refractivity contribution in [1.82, 2.24) is 15.0 Å². The summed E-state index contributed by atoms with van der Waals surface area (Å²) in [6.45, 7) is 2.03. The summed E-state index contributed by atoms with van der Waals surface area (Å²) in [6.07, 6.45) is 1.62. The van der Waals surface area contributed by atoms with Gasteiger partial charge in [0.2, 0.25) is 5.91 Å². The molecule has 0 aliphatic rings. The van der Waals surface area contributed by atoms with Crippen LogP contribution in [0.25, 0.3) is 0 Å². The van der Waals surface area contributed by atoms with Gasteiger partial charge in [0.25, 0.3) is 0 Å². The average molecular weight is 259 g/mol. The van der Waals surface area contributed by atoms with Gasteiger partial charge < -0.3 is 10.2 Å². The molecular weight excluding hydrogens is 242 g/mol. The summed E-state index contributed by atoms with van der Waals surface area (Å²) in [4.78, 5) is 13.8. The molecule has 1 heterocycles. The lowest BCUT2D eigenvalue weighted by atomic mass is 10.2. The fraction of sp³-hybridized carbons (Fsp3) is 0.308. The summed E-state index contributed by atoms with van der Waals surface area (Å²) in [5.74, 6) is -0.119. The number of benzene rings is 1. The first-order valence-corrected chi connectivity index (χ1v) is 5.98. The molecular formula is C13H17N5O. The SMILES string of the molecule is Cc1cnnn1CC(=O)Nc1ccc(N(C)C)cc1. The van der Waals surface area contributed by atoms with Crippen LogP contribution >= 0.6 is 0 Å². The van der Waals surface area contributed by atoms with Crippen molar-refractivity contribution in [1.29, 1.82) is 0 Å². The van der Waals surface area contributed by atoms with Gasteiger partial charge >= 0.3 is 0 Å². The fourth-order valence-electron chi connectivity index (χ4n) is 1.64. The molecule has 0 aliphatic heterocycles. The van der Waals surface area contributed by atoms with Gasteiger partial charge in [0.15, 0.2) is 0 Å². The van der Waals surface area contributed by atoms with Gasteiger partial charge in [-0.3, -0.25) is 4.79 Å². The molecule has 2 aromatic rings. The largest absolute Gasteiger partial charge is 0.378 e. The van der Waals surface area contributed by atoms with Crippen molar-refractivity contribution in [2.75, 3.05) is 24.3 Å². The number of amides is 1. The molecule has 1 N–H and O–H groups in total. The minimum absolute atomic E-state index is 0.119. The van der Waals surface area contributed by atoms with Crippen molar-refractivity contribution >= 4 is 17.3 Å². The van der Waals surface area contributed by atoms with Gasteiger partial charge in [0.05, 0.1) is 11.9 Å². The molecule has 6 nitrogen and oxygen atoms in total. The molecule has 6 heteroatoms. The number of nitrogens with zero attached hydrogens (tertiary/aromatic N) is 4. The Hall–Kier alpha value is -2.37. The van der Waals surface area contributed by atoms with Gasteiger partial charge in [-0.15, -0.1) is 5.10 Å². The molecule has 0 saturated heterocycles. The topological polar surface area (TPSA) is 63.1 Å². The number of aromatic nitrogens is 3. The van der Waals surface area contributed by atoms with Gasteiger partial charge in [0, 0.05) is 25.5 Å². The molecule has 0 atom stereocenters. The molecule has 0 bridgehead atoms. The maximum absolute atomic E-state index is 11.8. The van der Waals surface area contributed by atoms with Crippen LogP contribution in [0, 0.1) is 6.92 Å². The lowest BCUT2D eigenvalue weighted by molar-refractivity contribution is -0.117. The molecule has 0 saturated carbocycles. The number of carbonyl (C=O) groups is 1. The predicted molar refractivity (Wildman–Crippen MR) is 74.2 cm³/mol. The Morgan fingerprint density at radius 2 is 2.00 bits per heavy atom. The summed E-state index contributed by atoms with van der Waals surface area (Å²) in [5, 5.41) is 10.4. The first-order chi connectivity index (χ1) is 9.06. The van der Waals surface area contributed by atoms with E-state index in [1.165, 1.54) is 0 Å². The van der Waals surface area contributed by atoms with Crippen molar-refractivity contribution in [2.24, 2.45) is 0 Å². The maximum Gasteiger partial charge on any atom is 0.246 e. The van der Waals surface area contributed by atoms with Gasteiger partial charge in [0.1, 0.15) is 6.54 Å². The van der Waals surface area contributed by atoms with Crippen LogP contribution in [0.3, 0.4) is 0 Å². The van der Waals surface area contributed by atoms with Crippen LogP contribution in [0.4, 0.5) is 11.4 Å². The highest BCUT2D eigenvalue weighted by atomic mass is 16.2. The number of carbonyl (C=O) groups excluding carboxylic acids is 1. The highest BCUT2D eigenvalue weighted by molar-refractivity contribution is 5.90.